The van der Waals surface area contributed by atoms with Gasteiger partial charge in [0.2, 0.25) is 0 Å². The normalized spacial score (nSPS) is 9.33. The summed E-state index contributed by atoms with van der Waals surface area (Å²) in [4.78, 5) is 0. The van der Waals surface area contributed by atoms with Gasteiger partial charge in [-0.3, -0.25) is 0 Å². The zero-order chi connectivity index (χ0) is 7.68. The van der Waals surface area contributed by atoms with E-state index < -0.39 is 0 Å². The van der Waals surface area contributed by atoms with Crippen LogP contribution in [0.1, 0.15) is 0 Å². The molecule has 0 heterocycles. The summed E-state index contributed by atoms with van der Waals surface area (Å²) in [5.74, 6) is 0. The van der Waals surface area contributed by atoms with Gasteiger partial charge in [0.05, 0.1) is 0 Å². The Labute approximate surface area is 96.8 Å². The number of rotatable bonds is 0. The van der Waals surface area contributed by atoms with Gasteiger partial charge in [-0.15, -0.1) is 35.0 Å². The Morgan fingerprint density at radius 2 is 1.83 bits per heavy atom. The molecule has 1 nitrogen and oxygen atoms in total. The van der Waals surface area contributed by atoms with Gasteiger partial charge in [0, 0.05) is 32.7 Å². The van der Waals surface area contributed by atoms with Crippen molar-refractivity contribution in [2.75, 3.05) is 5.73 Å². The van der Waals surface area contributed by atoms with Gasteiger partial charge in [0.15, 0.2) is 0 Å². The van der Waals surface area contributed by atoms with E-state index in [9.17, 15) is 0 Å². The average Bonchev–Trinajstić information content (AvgIpc) is 2.06. The number of fused-ring (bicyclic) bond motifs is 1. The summed E-state index contributed by atoms with van der Waals surface area (Å²) in [5, 5.41) is 2.16. The molecule has 0 aliphatic rings. The van der Waals surface area contributed by atoms with Crippen molar-refractivity contribution in [2.24, 2.45) is 0 Å². The van der Waals surface area contributed by atoms with E-state index in [0.717, 1.165) is 16.5 Å². The monoisotopic (exact) mass is 231 g/mol. The van der Waals surface area contributed by atoms with Crippen LogP contribution in [0.4, 0.5) is 5.69 Å². The summed E-state index contributed by atoms with van der Waals surface area (Å²) >= 11 is 0. The molecule has 12 heavy (non-hydrogen) atoms. The molecule has 0 amide bonds. The van der Waals surface area contributed by atoms with Crippen LogP contribution in [0, 0.1) is 6.07 Å². The number of benzene rings is 2. The standard InChI is InChI=1S/C10H8N.Y/c11-10-7-3-5-8-4-1-2-6-9(8)10;/h1-5,7H,11H2;/q-1;. The Morgan fingerprint density at radius 1 is 1.08 bits per heavy atom. The Kier molecular flexibility index (Phi) is 3.24. The molecule has 2 heteroatoms. The van der Waals surface area contributed by atoms with Crippen LogP contribution in [0.15, 0.2) is 36.4 Å². The van der Waals surface area contributed by atoms with Gasteiger partial charge < -0.3 is 5.73 Å². The van der Waals surface area contributed by atoms with Crippen LogP contribution in [0.2, 0.25) is 0 Å². The Hall–Kier alpha value is -0.396. The van der Waals surface area contributed by atoms with Gasteiger partial charge >= 0.3 is 0 Å². The molecule has 2 rings (SSSR count). The maximum absolute atomic E-state index is 5.72. The van der Waals surface area contributed by atoms with E-state index in [1.807, 2.05) is 36.4 Å². The molecule has 0 unspecified atom stereocenters. The summed E-state index contributed by atoms with van der Waals surface area (Å²) in [5.41, 5.74) is 6.52. The van der Waals surface area contributed by atoms with E-state index in [1.54, 1.807) is 0 Å². The van der Waals surface area contributed by atoms with Crippen molar-refractivity contribution in [1.29, 1.82) is 0 Å². The molecule has 0 bridgehead atoms. The molecular formula is C10H8NY-. The average molecular weight is 231 g/mol. The van der Waals surface area contributed by atoms with Crippen LogP contribution in [-0.2, 0) is 32.7 Å². The minimum Gasteiger partial charge on any atom is -0.436 e. The molecule has 2 aromatic carbocycles. The molecule has 0 atom stereocenters. The fourth-order valence-electron chi connectivity index (χ4n) is 1.18. The van der Waals surface area contributed by atoms with Crippen molar-refractivity contribution in [3.63, 3.8) is 0 Å². The van der Waals surface area contributed by atoms with E-state index in [4.69, 9.17) is 5.73 Å². The van der Waals surface area contributed by atoms with Gasteiger partial charge in [0.25, 0.3) is 0 Å². The second-order valence-electron chi connectivity index (χ2n) is 2.48. The zero-order valence-electron chi connectivity index (χ0n) is 6.62. The van der Waals surface area contributed by atoms with Gasteiger partial charge in [-0.1, -0.05) is 18.2 Å². The Morgan fingerprint density at radius 3 is 2.58 bits per heavy atom. The first-order valence-electron chi connectivity index (χ1n) is 3.53. The van der Waals surface area contributed by atoms with Crippen LogP contribution >= 0.6 is 0 Å². The van der Waals surface area contributed by atoms with Crippen LogP contribution in [0.5, 0.6) is 0 Å². The maximum atomic E-state index is 5.72. The molecule has 1 radical (unpaired) electrons. The molecule has 57 valence electrons. The van der Waals surface area contributed by atoms with Gasteiger partial charge in [-0.2, -0.15) is 0 Å². The smallest absolute Gasteiger partial charge is 0 e. The van der Waals surface area contributed by atoms with Gasteiger partial charge in [-0.25, -0.2) is 0 Å². The summed E-state index contributed by atoms with van der Waals surface area (Å²) in [7, 11) is 0. The third kappa shape index (κ3) is 1.67. The second-order valence-corrected chi connectivity index (χ2v) is 2.48. The number of nitrogens with two attached hydrogens (primary N) is 1. The summed E-state index contributed by atoms with van der Waals surface area (Å²) in [6.07, 6.45) is 0. The zero-order valence-corrected chi connectivity index (χ0v) is 9.46. The predicted octanol–water partition coefficient (Wildman–Crippen LogP) is 2.22. The second kappa shape index (κ2) is 4.02. The van der Waals surface area contributed by atoms with Crippen LogP contribution in [0.3, 0.4) is 0 Å². The number of anilines is 1. The quantitative estimate of drug-likeness (QED) is 0.546. The van der Waals surface area contributed by atoms with E-state index in [2.05, 4.69) is 6.07 Å². The van der Waals surface area contributed by atoms with E-state index in [0.29, 0.717) is 0 Å². The molecule has 0 aliphatic carbocycles. The summed E-state index contributed by atoms with van der Waals surface area (Å²) in [6.45, 7) is 0. The van der Waals surface area contributed by atoms with Crippen molar-refractivity contribution >= 4 is 16.5 Å². The van der Waals surface area contributed by atoms with E-state index in [-0.39, 0.29) is 32.7 Å². The summed E-state index contributed by atoms with van der Waals surface area (Å²) < 4.78 is 0. The van der Waals surface area contributed by atoms with Crippen LogP contribution in [-0.4, -0.2) is 0 Å². The molecule has 2 N–H and O–H groups in total. The third-order valence-electron chi connectivity index (χ3n) is 1.73. The van der Waals surface area contributed by atoms with Crippen molar-refractivity contribution in [2.45, 2.75) is 0 Å². The van der Waals surface area contributed by atoms with Crippen molar-refractivity contribution in [3.8, 4) is 0 Å². The molecule has 0 aromatic heterocycles. The predicted molar refractivity (Wildman–Crippen MR) is 47.2 cm³/mol. The van der Waals surface area contributed by atoms with Gasteiger partial charge in [0.1, 0.15) is 0 Å². The summed E-state index contributed by atoms with van der Waals surface area (Å²) in [6, 6.07) is 14.8. The number of hydrogen-bond donors (Lipinski definition) is 1. The number of nitrogen functional groups attached to an aromatic ring is 1. The molecular weight excluding hydrogens is 223 g/mol. The first-order chi connectivity index (χ1) is 5.38. The van der Waals surface area contributed by atoms with Crippen molar-refractivity contribution < 1.29 is 32.7 Å². The Balaban J connectivity index is 0.000000720. The molecule has 0 spiro atoms. The van der Waals surface area contributed by atoms with Gasteiger partial charge in [-0.05, 0) is 5.69 Å². The Bertz CT molecular complexity index is 379. The molecule has 2 aromatic rings. The molecule has 0 saturated heterocycles. The van der Waals surface area contributed by atoms with Crippen LogP contribution in [0.25, 0.3) is 10.8 Å². The number of hydrogen-bond acceptors (Lipinski definition) is 1. The fraction of sp³-hybridized carbons (Fsp3) is 0. The minimum absolute atomic E-state index is 0. The maximum Gasteiger partial charge on any atom is 0 e. The molecule has 0 saturated carbocycles. The SMILES string of the molecule is Nc1cccc2ccc[c-]c12.[Y]. The largest absolute Gasteiger partial charge is 0.436 e. The minimum atomic E-state index is 0. The first kappa shape index (κ1) is 9.69. The third-order valence-corrected chi connectivity index (χ3v) is 1.73. The first-order valence-corrected chi connectivity index (χ1v) is 3.53. The van der Waals surface area contributed by atoms with E-state index >= 15 is 0 Å². The van der Waals surface area contributed by atoms with Crippen molar-refractivity contribution in [1.82, 2.24) is 0 Å². The van der Waals surface area contributed by atoms with E-state index in [1.165, 1.54) is 0 Å². The van der Waals surface area contributed by atoms with Crippen LogP contribution < -0.4 is 5.73 Å². The topological polar surface area (TPSA) is 26.0 Å². The molecule has 0 fully saturated rings. The fourth-order valence-corrected chi connectivity index (χ4v) is 1.18. The molecule has 0 aliphatic heterocycles. The van der Waals surface area contributed by atoms with Crippen molar-refractivity contribution in [3.05, 3.63) is 42.5 Å².